The lowest BCUT2D eigenvalue weighted by Crippen LogP contribution is -2.67. The predicted octanol–water partition coefficient (Wildman–Crippen LogP) is 1.40. The average Bonchev–Trinajstić information content (AvgIpc) is 2.89. The summed E-state index contributed by atoms with van der Waals surface area (Å²) < 4.78 is 11.3. The van der Waals surface area contributed by atoms with Gasteiger partial charge < -0.3 is 50.0 Å². The molecule has 0 aromatic heterocycles. The van der Waals surface area contributed by atoms with Gasteiger partial charge in [0, 0.05) is 17.4 Å². The molecule has 2 aromatic rings. The summed E-state index contributed by atoms with van der Waals surface area (Å²) in [6.45, 7) is 3.60. The summed E-state index contributed by atoms with van der Waals surface area (Å²) in [4.78, 5) is 34.6. The second kappa shape index (κ2) is 11.8. The van der Waals surface area contributed by atoms with Crippen LogP contribution in [-0.2, 0) is 9.53 Å². The highest BCUT2D eigenvalue weighted by Crippen LogP contribution is 2.46. The fourth-order valence-corrected chi connectivity index (χ4v) is 5.02. The summed E-state index contributed by atoms with van der Waals surface area (Å²) in [5.41, 5.74) is -2.68. The summed E-state index contributed by atoms with van der Waals surface area (Å²) in [7, 11) is 0. The minimum atomic E-state index is -2.09. The van der Waals surface area contributed by atoms with E-state index in [0.717, 1.165) is 25.3 Å². The summed E-state index contributed by atoms with van der Waals surface area (Å²) in [6.07, 6.45) is -5.10. The Labute approximate surface area is 224 Å². The van der Waals surface area contributed by atoms with Gasteiger partial charge in [0.2, 0.25) is 6.29 Å². The Bertz CT molecular complexity index is 1250. The van der Waals surface area contributed by atoms with Crippen LogP contribution in [0.5, 0.6) is 17.2 Å². The Balaban J connectivity index is 2.04. The van der Waals surface area contributed by atoms with Gasteiger partial charge in [0.15, 0.2) is 5.78 Å². The molecule has 0 spiro atoms. The van der Waals surface area contributed by atoms with E-state index in [9.17, 15) is 50.1 Å². The fraction of sp³-hybridized carbons (Fsp3) is 0.519. The van der Waals surface area contributed by atoms with Crippen LogP contribution in [0.2, 0.25) is 0 Å². The zero-order chi connectivity index (χ0) is 29.2. The lowest BCUT2D eigenvalue weighted by atomic mass is 9.79. The largest absolute Gasteiger partial charge is 0.507 e. The Morgan fingerprint density at radius 1 is 1.18 bits per heavy atom. The number of phenolic OH excluding ortho intramolecular Hbond substituents is 2. The molecule has 2 aromatic carbocycles. The van der Waals surface area contributed by atoms with Crippen LogP contribution in [0.4, 0.5) is 0 Å². The van der Waals surface area contributed by atoms with Crippen molar-refractivity contribution in [3.8, 4) is 17.2 Å². The third-order valence-electron chi connectivity index (χ3n) is 7.35. The van der Waals surface area contributed by atoms with Gasteiger partial charge in [-0.05, 0) is 51.2 Å². The Kier molecular flexibility index (Phi) is 9.19. The molecule has 0 radical (unpaired) electrons. The van der Waals surface area contributed by atoms with E-state index in [4.69, 9.17) is 9.47 Å². The molecule has 6 atom stereocenters. The van der Waals surface area contributed by atoms with Crippen LogP contribution >= 0.6 is 0 Å². The molecule has 39 heavy (non-hydrogen) atoms. The van der Waals surface area contributed by atoms with Crippen molar-refractivity contribution >= 4 is 28.8 Å². The average molecular weight is 551 g/mol. The van der Waals surface area contributed by atoms with E-state index < -0.39 is 65.8 Å². The minimum Gasteiger partial charge on any atom is -0.507 e. The number of carbonyl (C=O) groups excluding carboxylic acids is 2. The lowest BCUT2D eigenvalue weighted by molar-refractivity contribution is -0.315. The normalized spacial score (nSPS) is 25.8. The lowest BCUT2D eigenvalue weighted by Gasteiger charge is -2.48. The van der Waals surface area contributed by atoms with Gasteiger partial charge in [0.1, 0.15) is 47.4 Å². The van der Waals surface area contributed by atoms with Crippen molar-refractivity contribution < 1.29 is 59.6 Å². The highest BCUT2D eigenvalue weighted by molar-refractivity contribution is 6.11. The maximum Gasteiger partial charge on any atom is 0.335 e. The number of phenols is 2. The van der Waals surface area contributed by atoms with E-state index in [0.29, 0.717) is 19.3 Å². The molecule has 0 bridgehead atoms. The first-order valence-electron chi connectivity index (χ1n) is 12.5. The number of Topliss-reactive ketones (excluding diaryl/α,β-unsaturated/α-hetero) is 1. The minimum absolute atomic E-state index is 0.0122. The van der Waals surface area contributed by atoms with Crippen LogP contribution in [0.15, 0.2) is 12.1 Å². The van der Waals surface area contributed by atoms with E-state index in [2.05, 4.69) is 0 Å². The van der Waals surface area contributed by atoms with Crippen LogP contribution in [0.3, 0.4) is 0 Å². The van der Waals surface area contributed by atoms with Gasteiger partial charge in [-0.15, -0.1) is 0 Å². The molecule has 12 nitrogen and oxygen atoms in total. The number of aromatic hydroxyl groups is 2. The SMILES string of the molecule is CC(=O)c1c(C)c(O)c2cc(C(=O)O)cc(O[C@H]3O[C@H](CO)[C@](O)(CC[C@H](C)CCC=O)[C@H](O)[C@H]3O)c2c1O. The Morgan fingerprint density at radius 2 is 1.85 bits per heavy atom. The van der Waals surface area contributed by atoms with Crippen LogP contribution < -0.4 is 4.74 Å². The number of rotatable bonds is 11. The Morgan fingerprint density at radius 3 is 2.41 bits per heavy atom. The van der Waals surface area contributed by atoms with Crippen LogP contribution in [0.25, 0.3) is 10.8 Å². The quantitative estimate of drug-likeness (QED) is 0.120. The number of hydrogen-bond donors (Lipinski definition) is 7. The fourth-order valence-electron chi connectivity index (χ4n) is 5.02. The van der Waals surface area contributed by atoms with E-state index in [1.54, 1.807) is 0 Å². The zero-order valence-electron chi connectivity index (χ0n) is 21.8. The van der Waals surface area contributed by atoms with Crippen molar-refractivity contribution in [3.63, 3.8) is 0 Å². The molecule has 1 heterocycles. The number of aromatic carboxylic acids is 1. The first-order chi connectivity index (χ1) is 18.3. The number of aliphatic hydroxyl groups is 4. The van der Waals surface area contributed by atoms with Crippen molar-refractivity contribution in [2.45, 2.75) is 76.7 Å². The topological polar surface area (TPSA) is 211 Å². The van der Waals surface area contributed by atoms with Gasteiger partial charge in [-0.25, -0.2) is 4.79 Å². The molecular weight excluding hydrogens is 516 g/mol. The summed E-state index contributed by atoms with van der Waals surface area (Å²) in [6, 6.07) is 2.06. The highest BCUT2D eigenvalue weighted by atomic mass is 16.7. The van der Waals surface area contributed by atoms with Gasteiger partial charge in [-0.1, -0.05) is 6.92 Å². The Hall–Kier alpha value is -3.29. The smallest absolute Gasteiger partial charge is 0.335 e. The molecule has 0 amide bonds. The first-order valence-corrected chi connectivity index (χ1v) is 12.5. The number of aldehydes is 1. The van der Waals surface area contributed by atoms with Gasteiger partial charge in [0.25, 0.3) is 0 Å². The molecule has 0 saturated carbocycles. The number of benzene rings is 2. The number of carbonyl (C=O) groups is 3. The summed E-state index contributed by atoms with van der Waals surface area (Å²) in [5.74, 6) is -3.50. The monoisotopic (exact) mass is 550 g/mol. The van der Waals surface area contributed by atoms with Gasteiger partial charge in [0.05, 0.1) is 23.1 Å². The molecule has 1 aliphatic heterocycles. The molecule has 12 heteroatoms. The molecule has 1 aliphatic rings. The van der Waals surface area contributed by atoms with Crippen LogP contribution in [0, 0.1) is 12.8 Å². The third-order valence-corrected chi connectivity index (χ3v) is 7.35. The first kappa shape index (κ1) is 30.3. The highest BCUT2D eigenvalue weighted by Gasteiger charge is 2.55. The molecule has 7 N–H and O–H groups in total. The molecule has 3 rings (SSSR count). The number of hydrogen-bond acceptors (Lipinski definition) is 11. The van der Waals surface area contributed by atoms with Crippen molar-refractivity contribution in [1.29, 1.82) is 0 Å². The van der Waals surface area contributed by atoms with Crippen molar-refractivity contribution in [3.05, 3.63) is 28.8 Å². The summed E-state index contributed by atoms with van der Waals surface area (Å²) >= 11 is 0. The number of ether oxygens (including phenoxy) is 2. The second-order valence-electron chi connectivity index (χ2n) is 10.1. The van der Waals surface area contributed by atoms with Crippen molar-refractivity contribution in [1.82, 2.24) is 0 Å². The zero-order valence-corrected chi connectivity index (χ0v) is 21.8. The van der Waals surface area contributed by atoms with Crippen LogP contribution in [0.1, 0.15) is 65.8 Å². The number of ketones is 1. The number of fused-ring (bicyclic) bond motifs is 1. The van der Waals surface area contributed by atoms with Gasteiger partial charge >= 0.3 is 5.97 Å². The number of aliphatic hydroxyl groups excluding tert-OH is 3. The summed E-state index contributed by atoms with van der Waals surface area (Å²) in [5, 5.41) is 73.8. The predicted molar refractivity (Wildman–Crippen MR) is 136 cm³/mol. The standard InChI is InChI=1S/C27H34O12/c1-12(5-4-8-28)6-7-27(37)18(11-29)39-26(23(33)24(27)34)38-17-10-15(25(35)36)9-16-20(17)22(32)19(14(3)30)13(2)21(16)31/h8-10,12,18,23-24,26,29,31-34,37H,4-7,11H2,1-3H3,(H,35,36)/t12-,18-,23-,24-,26+,27-/m1/s1. The van der Waals surface area contributed by atoms with E-state index in [1.165, 1.54) is 6.92 Å². The van der Waals surface area contributed by atoms with Crippen molar-refractivity contribution in [2.24, 2.45) is 5.92 Å². The molecule has 1 fully saturated rings. The van der Waals surface area contributed by atoms with Crippen LogP contribution in [-0.4, -0.2) is 90.6 Å². The van der Waals surface area contributed by atoms with E-state index in [-0.39, 0.29) is 39.8 Å². The maximum absolute atomic E-state index is 12.2. The maximum atomic E-state index is 12.2. The third kappa shape index (κ3) is 5.70. The van der Waals surface area contributed by atoms with E-state index in [1.807, 2.05) is 6.92 Å². The molecule has 214 valence electrons. The van der Waals surface area contributed by atoms with Gasteiger partial charge in [-0.3, -0.25) is 4.79 Å². The van der Waals surface area contributed by atoms with E-state index >= 15 is 0 Å². The number of carboxylic acid groups (broad SMARTS) is 1. The van der Waals surface area contributed by atoms with Crippen molar-refractivity contribution in [2.75, 3.05) is 6.61 Å². The molecular formula is C27H34O12. The molecule has 1 saturated heterocycles. The second-order valence-corrected chi connectivity index (χ2v) is 10.1. The van der Waals surface area contributed by atoms with Gasteiger partial charge in [-0.2, -0.15) is 0 Å². The molecule has 0 aliphatic carbocycles. The molecule has 0 unspecified atom stereocenters. The number of carboxylic acids is 1.